The largest absolute Gasteiger partial charge is 0.461 e. The number of alkyl halides is 2. The number of rotatable bonds is 3. The first-order chi connectivity index (χ1) is 12.4. The molecule has 5 nitrogen and oxygen atoms in total. The summed E-state index contributed by atoms with van der Waals surface area (Å²) in [6, 6.07) is 0. The minimum absolute atomic E-state index is 0.0969. The minimum Gasteiger partial charge on any atom is -0.461 e. The third kappa shape index (κ3) is 3.15. The van der Waals surface area contributed by atoms with E-state index in [1.807, 2.05) is 0 Å². The van der Waals surface area contributed by atoms with E-state index < -0.39 is 18.4 Å². The van der Waals surface area contributed by atoms with Gasteiger partial charge in [0.1, 0.15) is 6.54 Å². The average molecular weight is 368 g/mol. The molecular formula is C19H26F2N2O3. The normalized spacial score (nSPS) is 30.3. The lowest BCUT2D eigenvalue weighted by Crippen LogP contribution is -2.35. The number of hydrogen-bond acceptors (Lipinski definition) is 4. The van der Waals surface area contributed by atoms with Gasteiger partial charge in [-0.1, -0.05) is 0 Å². The standard InChI is InChI=1S/C19H26F2N2O3/c1-2-26-17(24)16-15(14-10-19(20,21)11-23(14)22-16)13-4-7-18(8-5-13)6-3-9-25-12-18/h13H,2-12H2,1H3. The van der Waals surface area contributed by atoms with Gasteiger partial charge in [-0.25, -0.2) is 13.6 Å². The van der Waals surface area contributed by atoms with Gasteiger partial charge < -0.3 is 9.47 Å². The molecule has 0 aromatic carbocycles. The summed E-state index contributed by atoms with van der Waals surface area (Å²) in [4.78, 5) is 12.4. The van der Waals surface area contributed by atoms with Crippen molar-refractivity contribution in [3.05, 3.63) is 17.0 Å². The molecule has 0 amide bonds. The van der Waals surface area contributed by atoms with Crippen LogP contribution in [0.3, 0.4) is 0 Å². The number of nitrogens with zero attached hydrogens (tertiary/aromatic N) is 2. The van der Waals surface area contributed by atoms with Gasteiger partial charge in [-0.05, 0) is 56.8 Å². The van der Waals surface area contributed by atoms with Crippen molar-refractivity contribution in [3.63, 3.8) is 0 Å². The molecule has 26 heavy (non-hydrogen) atoms. The summed E-state index contributed by atoms with van der Waals surface area (Å²) in [6.07, 6.45) is 5.74. The Labute approximate surface area is 152 Å². The quantitative estimate of drug-likeness (QED) is 0.764. The molecule has 0 unspecified atom stereocenters. The van der Waals surface area contributed by atoms with Crippen LogP contribution in [-0.2, 0) is 22.4 Å². The number of carbonyl (C=O) groups is 1. The molecule has 0 N–H and O–H groups in total. The van der Waals surface area contributed by atoms with Crippen molar-refractivity contribution < 1.29 is 23.0 Å². The van der Waals surface area contributed by atoms with Crippen LogP contribution < -0.4 is 0 Å². The number of aromatic nitrogens is 2. The van der Waals surface area contributed by atoms with Crippen LogP contribution in [0.5, 0.6) is 0 Å². The number of fused-ring (bicyclic) bond motifs is 1. The van der Waals surface area contributed by atoms with Crippen molar-refractivity contribution in [3.8, 4) is 0 Å². The van der Waals surface area contributed by atoms with E-state index in [9.17, 15) is 13.6 Å². The molecule has 0 bridgehead atoms. The second kappa shape index (κ2) is 6.59. The lowest BCUT2D eigenvalue weighted by Gasteiger charge is -2.42. The summed E-state index contributed by atoms with van der Waals surface area (Å²) in [6.45, 7) is 3.18. The molecule has 0 atom stereocenters. The molecule has 1 aromatic rings. The van der Waals surface area contributed by atoms with Crippen molar-refractivity contribution in [2.75, 3.05) is 19.8 Å². The highest BCUT2D eigenvalue weighted by Gasteiger charge is 2.45. The molecule has 2 fully saturated rings. The summed E-state index contributed by atoms with van der Waals surface area (Å²) in [7, 11) is 0. The fourth-order valence-electron chi connectivity index (χ4n) is 4.95. The van der Waals surface area contributed by atoms with Crippen molar-refractivity contribution in [1.29, 1.82) is 0 Å². The summed E-state index contributed by atoms with van der Waals surface area (Å²) in [5.74, 6) is -3.18. The van der Waals surface area contributed by atoms with Crippen LogP contribution in [0.1, 0.15) is 73.1 Å². The van der Waals surface area contributed by atoms with Gasteiger partial charge in [0.25, 0.3) is 5.92 Å². The Balaban J connectivity index is 1.60. The van der Waals surface area contributed by atoms with Gasteiger partial charge in [-0.3, -0.25) is 4.68 Å². The third-order valence-electron chi connectivity index (χ3n) is 6.23. The zero-order valence-electron chi connectivity index (χ0n) is 15.2. The fraction of sp³-hybridized carbons (Fsp3) is 0.789. The summed E-state index contributed by atoms with van der Waals surface area (Å²) in [5.41, 5.74) is 1.73. The van der Waals surface area contributed by atoms with Crippen LogP contribution in [0.15, 0.2) is 0 Å². The monoisotopic (exact) mass is 368 g/mol. The second-order valence-electron chi connectivity index (χ2n) is 8.05. The van der Waals surface area contributed by atoms with E-state index in [0.717, 1.165) is 45.3 Å². The lowest BCUT2D eigenvalue weighted by molar-refractivity contribution is -0.0309. The van der Waals surface area contributed by atoms with Crippen LogP contribution in [0, 0.1) is 5.41 Å². The molecule has 1 spiro atoms. The maximum atomic E-state index is 13.9. The van der Waals surface area contributed by atoms with Gasteiger partial charge in [0.2, 0.25) is 0 Å². The molecule has 1 saturated carbocycles. The second-order valence-corrected chi connectivity index (χ2v) is 8.05. The molecule has 3 heterocycles. The van der Waals surface area contributed by atoms with Crippen LogP contribution >= 0.6 is 0 Å². The Kier molecular flexibility index (Phi) is 4.53. The highest BCUT2D eigenvalue weighted by atomic mass is 19.3. The molecule has 1 saturated heterocycles. The Hall–Kier alpha value is -1.50. The Morgan fingerprint density at radius 3 is 2.77 bits per heavy atom. The van der Waals surface area contributed by atoms with E-state index in [2.05, 4.69) is 5.10 Å². The molecular weight excluding hydrogens is 342 g/mol. The molecule has 1 aliphatic carbocycles. The lowest BCUT2D eigenvalue weighted by atomic mass is 9.66. The van der Waals surface area contributed by atoms with Gasteiger partial charge >= 0.3 is 5.97 Å². The van der Waals surface area contributed by atoms with Crippen molar-refractivity contribution in [2.45, 2.75) is 70.3 Å². The Morgan fingerprint density at radius 1 is 1.35 bits per heavy atom. The van der Waals surface area contributed by atoms with Crippen molar-refractivity contribution in [1.82, 2.24) is 9.78 Å². The average Bonchev–Trinajstić information content (AvgIpc) is 3.09. The van der Waals surface area contributed by atoms with Gasteiger partial charge in [0.15, 0.2) is 5.69 Å². The van der Waals surface area contributed by atoms with Gasteiger partial charge in [-0.15, -0.1) is 0 Å². The van der Waals surface area contributed by atoms with Crippen molar-refractivity contribution >= 4 is 5.97 Å². The molecule has 3 aliphatic rings. The van der Waals surface area contributed by atoms with E-state index in [1.54, 1.807) is 6.92 Å². The molecule has 144 valence electrons. The van der Waals surface area contributed by atoms with Crippen LogP contribution in [0.25, 0.3) is 0 Å². The molecule has 4 rings (SSSR count). The first kappa shape index (κ1) is 17.9. The highest BCUT2D eigenvalue weighted by Crippen LogP contribution is 2.49. The smallest absolute Gasteiger partial charge is 0.359 e. The van der Waals surface area contributed by atoms with Gasteiger partial charge in [0.05, 0.1) is 19.6 Å². The zero-order valence-corrected chi connectivity index (χ0v) is 15.2. The Bertz CT molecular complexity index is 685. The van der Waals surface area contributed by atoms with Crippen LogP contribution in [0.4, 0.5) is 8.78 Å². The summed E-state index contributed by atoms with van der Waals surface area (Å²) < 4.78 is 39.9. The fourth-order valence-corrected chi connectivity index (χ4v) is 4.95. The predicted molar refractivity (Wildman–Crippen MR) is 90.5 cm³/mol. The Morgan fingerprint density at radius 2 is 2.12 bits per heavy atom. The molecule has 2 aliphatic heterocycles. The van der Waals surface area contributed by atoms with Gasteiger partial charge in [0, 0.05) is 17.9 Å². The molecule has 7 heteroatoms. The third-order valence-corrected chi connectivity index (χ3v) is 6.23. The van der Waals surface area contributed by atoms with E-state index in [0.29, 0.717) is 11.3 Å². The minimum atomic E-state index is -2.78. The number of halogens is 2. The SMILES string of the molecule is CCOC(=O)c1nn2c(c1C1CCC3(CCCOC3)CC1)CC(F)(F)C2. The van der Waals surface area contributed by atoms with Crippen LogP contribution in [0.2, 0.25) is 0 Å². The molecule has 0 radical (unpaired) electrons. The first-order valence-corrected chi connectivity index (χ1v) is 9.65. The topological polar surface area (TPSA) is 53.3 Å². The number of carbonyl (C=O) groups excluding carboxylic acids is 1. The van der Waals surface area contributed by atoms with Crippen molar-refractivity contribution in [2.24, 2.45) is 5.41 Å². The number of hydrogen-bond donors (Lipinski definition) is 0. The number of ether oxygens (including phenoxy) is 2. The van der Waals surface area contributed by atoms with Crippen LogP contribution in [-0.4, -0.2) is 41.5 Å². The van der Waals surface area contributed by atoms with E-state index in [1.165, 1.54) is 11.1 Å². The van der Waals surface area contributed by atoms with E-state index in [-0.39, 0.29) is 30.1 Å². The van der Waals surface area contributed by atoms with E-state index in [4.69, 9.17) is 9.47 Å². The molecule has 1 aromatic heterocycles. The summed E-state index contributed by atoms with van der Waals surface area (Å²) >= 11 is 0. The first-order valence-electron chi connectivity index (χ1n) is 9.65. The maximum absolute atomic E-state index is 13.9. The van der Waals surface area contributed by atoms with E-state index >= 15 is 0 Å². The summed E-state index contributed by atoms with van der Waals surface area (Å²) in [5, 5.41) is 4.22. The predicted octanol–water partition coefficient (Wildman–Crippen LogP) is 3.71. The van der Waals surface area contributed by atoms with Gasteiger partial charge in [-0.2, -0.15) is 5.10 Å². The number of esters is 1. The maximum Gasteiger partial charge on any atom is 0.359 e. The highest BCUT2D eigenvalue weighted by molar-refractivity contribution is 5.89. The zero-order chi connectivity index (χ0) is 18.4.